The fourth-order valence-corrected chi connectivity index (χ4v) is 1.29. The second-order valence-electron chi connectivity index (χ2n) is 2.98. The summed E-state index contributed by atoms with van der Waals surface area (Å²) >= 11 is 0. The van der Waals surface area contributed by atoms with Gasteiger partial charge in [-0.1, -0.05) is 0 Å². The Kier molecular flexibility index (Phi) is 3.12. The zero-order valence-corrected chi connectivity index (χ0v) is 8.28. The van der Waals surface area contributed by atoms with Crippen molar-refractivity contribution in [2.75, 3.05) is 6.61 Å². The van der Waals surface area contributed by atoms with E-state index in [1.165, 1.54) is 0 Å². The first-order valence-corrected chi connectivity index (χ1v) is 4.47. The van der Waals surface area contributed by atoms with Crippen LogP contribution in [-0.4, -0.2) is 17.1 Å². The molecule has 0 bridgehead atoms. The minimum absolute atomic E-state index is 0.179. The fraction of sp³-hybridized carbons (Fsp3) is 0.500. The van der Waals surface area contributed by atoms with Gasteiger partial charge in [-0.25, -0.2) is 4.79 Å². The highest BCUT2D eigenvalue weighted by Gasteiger charge is 2.15. The van der Waals surface area contributed by atoms with Crippen LogP contribution in [0.15, 0.2) is 18.3 Å². The predicted octanol–water partition coefficient (Wildman–Crippen LogP) is 1.92. The molecule has 0 aliphatic carbocycles. The van der Waals surface area contributed by atoms with Crippen molar-refractivity contribution < 1.29 is 9.53 Å². The van der Waals surface area contributed by atoms with Crippen LogP contribution in [0.3, 0.4) is 0 Å². The molecule has 0 saturated heterocycles. The SMILES string of the molecule is CCOC(=O)C(C)n1cccc1C. The Morgan fingerprint density at radius 1 is 1.69 bits per heavy atom. The molecule has 0 spiro atoms. The van der Waals surface area contributed by atoms with E-state index in [9.17, 15) is 4.79 Å². The van der Waals surface area contributed by atoms with Gasteiger partial charge in [0.15, 0.2) is 0 Å². The van der Waals surface area contributed by atoms with Crippen molar-refractivity contribution in [3.63, 3.8) is 0 Å². The lowest BCUT2D eigenvalue weighted by molar-refractivity contribution is -0.146. The second-order valence-corrected chi connectivity index (χ2v) is 2.98. The molecule has 3 heteroatoms. The first kappa shape index (κ1) is 9.84. The summed E-state index contributed by atoms with van der Waals surface area (Å²) in [5.74, 6) is -0.179. The van der Waals surface area contributed by atoms with Gasteiger partial charge in [0, 0.05) is 11.9 Å². The van der Waals surface area contributed by atoms with Gasteiger partial charge in [-0.2, -0.15) is 0 Å². The van der Waals surface area contributed by atoms with Crippen molar-refractivity contribution in [2.24, 2.45) is 0 Å². The lowest BCUT2D eigenvalue weighted by Gasteiger charge is -2.14. The average molecular weight is 181 g/mol. The molecule has 3 nitrogen and oxygen atoms in total. The van der Waals surface area contributed by atoms with E-state index >= 15 is 0 Å². The number of ether oxygens (including phenoxy) is 1. The van der Waals surface area contributed by atoms with E-state index in [0.717, 1.165) is 5.69 Å². The number of hydrogen-bond acceptors (Lipinski definition) is 2. The maximum absolute atomic E-state index is 11.4. The molecule has 1 heterocycles. The molecule has 0 aromatic carbocycles. The third kappa shape index (κ3) is 2.11. The maximum atomic E-state index is 11.4. The van der Waals surface area contributed by atoms with Crippen LogP contribution in [0, 0.1) is 6.92 Å². The zero-order chi connectivity index (χ0) is 9.84. The molecule has 1 atom stereocenters. The van der Waals surface area contributed by atoms with E-state index in [1.54, 1.807) is 0 Å². The molecule has 1 unspecified atom stereocenters. The molecule has 0 aliphatic heterocycles. The van der Waals surface area contributed by atoms with Crippen molar-refractivity contribution in [2.45, 2.75) is 26.8 Å². The van der Waals surface area contributed by atoms with Crippen molar-refractivity contribution in [3.8, 4) is 0 Å². The van der Waals surface area contributed by atoms with Crippen LogP contribution in [0.2, 0.25) is 0 Å². The zero-order valence-electron chi connectivity index (χ0n) is 8.28. The highest BCUT2D eigenvalue weighted by atomic mass is 16.5. The first-order valence-electron chi connectivity index (χ1n) is 4.47. The maximum Gasteiger partial charge on any atom is 0.328 e. The minimum Gasteiger partial charge on any atom is -0.464 e. The molecule has 0 aliphatic rings. The molecule has 0 amide bonds. The van der Waals surface area contributed by atoms with Gasteiger partial charge in [0.2, 0.25) is 0 Å². The smallest absolute Gasteiger partial charge is 0.328 e. The molecule has 0 saturated carbocycles. The van der Waals surface area contributed by atoms with Gasteiger partial charge in [0.05, 0.1) is 6.61 Å². The molecule has 1 rings (SSSR count). The van der Waals surface area contributed by atoms with Gasteiger partial charge in [0.25, 0.3) is 0 Å². The summed E-state index contributed by atoms with van der Waals surface area (Å²) in [5.41, 5.74) is 1.07. The number of aromatic nitrogens is 1. The molecule has 13 heavy (non-hydrogen) atoms. The fourth-order valence-electron chi connectivity index (χ4n) is 1.29. The monoisotopic (exact) mass is 181 g/mol. The van der Waals surface area contributed by atoms with Crippen LogP contribution < -0.4 is 0 Å². The van der Waals surface area contributed by atoms with E-state index in [-0.39, 0.29) is 12.0 Å². The summed E-state index contributed by atoms with van der Waals surface area (Å²) in [5, 5.41) is 0. The molecular weight excluding hydrogens is 166 g/mol. The molecule has 72 valence electrons. The molecule has 1 aromatic rings. The summed E-state index contributed by atoms with van der Waals surface area (Å²) in [4.78, 5) is 11.4. The van der Waals surface area contributed by atoms with Gasteiger partial charge in [0.1, 0.15) is 6.04 Å². The predicted molar refractivity (Wildman–Crippen MR) is 50.5 cm³/mol. The number of carbonyl (C=O) groups is 1. The minimum atomic E-state index is -0.227. The first-order chi connectivity index (χ1) is 6.16. The lowest BCUT2D eigenvalue weighted by Crippen LogP contribution is -2.19. The van der Waals surface area contributed by atoms with Crippen LogP contribution in [0.25, 0.3) is 0 Å². The number of esters is 1. The number of hydrogen-bond donors (Lipinski definition) is 0. The molecule has 0 N–H and O–H groups in total. The Bertz CT molecular complexity index is 291. The lowest BCUT2D eigenvalue weighted by atomic mass is 10.3. The van der Waals surface area contributed by atoms with Crippen LogP contribution >= 0.6 is 0 Å². The van der Waals surface area contributed by atoms with E-state index in [4.69, 9.17) is 4.74 Å². The van der Waals surface area contributed by atoms with E-state index in [0.29, 0.717) is 6.61 Å². The molecule has 0 fully saturated rings. The van der Waals surface area contributed by atoms with Crippen molar-refractivity contribution >= 4 is 5.97 Å². The van der Waals surface area contributed by atoms with E-state index in [1.807, 2.05) is 43.7 Å². The summed E-state index contributed by atoms with van der Waals surface area (Å²) in [7, 11) is 0. The summed E-state index contributed by atoms with van der Waals surface area (Å²) < 4.78 is 6.82. The molecule has 1 aromatic heterocycles. The Morgan fingerprint density at radius 3 is 2.85 bits per heavy atom. The Hall–Kier alpha value is -1.25. The van der Waals surface area contributed by atoms with Crippen molar-refractivity contribution in [1.29, 1.82) is 0 Å². The van der Waals surface area contributed by atoms with Crippen LogP contribution in [0.1, 0.15) is 25.6 Å². The third-order valence-electron chi connectivity index (χ3n) is 2.04. The quantitative estimate of drug-likeness (QED) is 0.667. The van der Waals surface area contributed by atoms with Crippen LogP contribution in [-0.2, 0) is 9.53 Å². The average Bonchev–Trinajstić information content (AvgIpc) is 2.50. The van der Waals surface area contributed by atoms with Crippen LogP contribution in [0.4, 0.5) is 0 Å². The van der Waals surface area contributed by atoms with Gasteiger partial charge in [-0.3, -0.25) is 0 Å². The number of nitrogens with zero attached hydrogens (tertiary/aromatic N) is 1. The summed E-state index contributed by atoms with van der Waals surface area (Å²) in [6.07, 6.45) is 1.89. The second kappa shape index (κ2) is 4.12. The Balaban J connectivity index is 2.73. The van der Waals surface area contributed by atoms with Gasteiger partial charge >= 0.3 is 5.97 Å². The van der Waals surface area contributed by atoms with E-state index < -0.39 is 0 Å². The number of carbonyl (C=O) groups excluding carboxylic acids is 1. The van der Waals surface area contributed by atoms with Crippen molar-refractivity contribution in [3.05, 3.63) is 24.0 Å². The van der Waals surface area contributed by atoms with Gasteiger partial charge < -0.3 is 9.30 Å². The van der Waals surface area contributed by atoms with E-state index in [2.05, 4.69) is 0 Å². The third-order valence-corrected chi connectivity index (χ3v) is 2.04. The number of rotatable bonds is 3. The Morgan fingerprint density at radius 2 is 2.38 bits per heavy atom. The highest BCUT2D eigenvalue weighted by molar-refractivity contribution is 5.73. The topological polar surface area (TPSA) is 31.2 Å². The highest BCUT2D eigenvalue weighted by Crippen LogP contribution is 2.11. The van der Waals surface area contributed by atoms with Gasteiger partial charge in [-0.15, -0.1) is 0 Å². The van der Waals surface area contributed by atoms with Crippen LogP contribution in [0.5, 0.6) is 0 Å². The molecule has 0 radical (unpaired) electrons. The standard InChI is InChI=1S/C10H15NO2/c1-4-13-10(12)9(3)11-7-5-6-8(11)2/h5-7,9H,4H2,1-3H3. The summed E-state index contributed by atoms with van der Waals surface area (Å²) in [6, 6.07) is 3.66. The normalized spacial score (nSPS) is 12.5. The largest absolute Gasteiger partial charge is 0.464 e. The number of aryl methyl sites for hydroxylation is 1. The summed E-state index contributed by atoms with van der Waals surface area (Å²) in [6.45, 7) is 6.05. The molecular formula is C10H15NO2. The van der Waals surface area contributed by atoms with Gasteiger partial charge in [-0.05, 0) is 32.9 Å². The Labute approximate surface area is 78.3 Å². The van der Waals surface area contributed by atoms with Crippen molar-refractivity contribution in [1.82, 2.24) is 4.57 Å².